The number of amides is 1. The molecule has 1 fully saturated rings. The number of nitrogens with one attached hydrogen (secondary N) is 1. The van der Waals surface area contributed by atoms with Crippen LogP contribution in [0.15, 0.2) is 48.5 Å². The Labute approximate surface area is 215 Å². The molecule has 1 heterocycles. The van der Waals surface area contributed by atoms with E-state index in [1.807, 2.05) is 6.07 Å². The highest BCUT2D eigenvalue weighted by atomic mass is 35.5. The predicted octanol–water partition coefficient (Wildman–Crippen LogP) is 3.70. The van der Waals surface area contributed by atoms with Crippen LogP contribution >= 0.6 is 23.2 Å². The zero-order valence-corrected chi connectivity index (χ0v) is 21.3. The molecule has 0 aliphatic carbocycles. The molecule has 2 aromatic rings. The van der Waals surface area contributed by atoms with Crippen LogP contribution < -0.4 is 11.1 Å². The number of nitrogens with zero attached hydrogens (tertiary/aromatic N) is 1. The van der Waals surface area contributed by atoms with E-state index < -0.39 is 48.0 Å². The number of nitrogens with two attached hydrogens (primary N) is 1. The van der Waals surface area contributed by atoms with Gasteiger partial charge >= 0.3 is 5.97 Å². The summed E-state index contributed by atoms with van der Waals surface area (Å²) in [7, 11) is 0. The van der Waals surface area contributed by atoms with Gasteiger partial charge in [0.25, 0.3) is 0 Å². The number of primary amides is 1. The third-order valence-corrected chi connectivity index (χ3v) is 6.74. The summed E-state index contributed by atoms with van der Waals surface area (Å²) in [6.45, 7) is 5.59. The monoisotopic (exact) mass is 517 g/mol. The van der Waals surface area contributed by atoms with Gasteiger partial charge < -0.3 is 15.6 Å². The molecule has 0 unspecified atom stereocenters. The normalized spacial score (nSPS) is 25.0. The number of nitriles is 1. The van der Waals surface area contributed by atoms with Crippen molar-refractivity contribution in [3.63, 3.8) is 0 Å². The number of esters is 1. The van der Waals surface area contributed by atoms with Crippen LogP contribution in [-0.2, 0) is 19.7 Å². The molecular formula is C26H29Cl2N3O4. The standard InChI is InChI=1S/C26H29Cl2N3O4/c1-25(2,3)12-20-26(14-29,16-7-9-17(27)10-8-16)21(15-5-4-6-18(28)11-15)22(31-20)24(34)35-13-19(32)23(30)33/h4-11,19-22,31-32H,12-13H2,1-3H3,(H2,30,33)/t19-,20-,21-,22+,26-/m0/s1. The second-order valence-electron chi connectivity index (χ2n) is 10.0. The molecule has 0 aromatic heterocycles. The third-order valence-electron chi connectivity index (χ3n) is 6.25. The number of carbonyl (C=O) groups is 2. The van der Waals surface area contributed by atoms with Gasteiger partial charge in [-0.25, -0.2) is 0 Å². The predicted molar refractivity (Wildman–Crippen MR) is 134 cm³/mol. The van der Waals surface area contributed by atoms with Crippen molar-refractivity contribution in [1.29, 1.82) is 5.26 Å². The average molecular weight is 518 g/mol. The van der Waals surface area contributed by atoms with Crippen LogP contribution in [0.5, 0.6) is 0 Å². The smallest absolute Gasteiger partial charge is 0.323 e. The second-order valence-corrected chi connectivity index (χ2v) is 10.9. The molecule has 9 heteroatoms. The molecule has 5 atom stereocenters. The minimum Gasteiger partial charge on any atom is -0.461 e. The van der Waals surface area contributed by atoms with E-state index in [0.717, 1.165) is 0 Å². The van der Waals surface area contributed by atoms with Crippen molar-refractivity contribution < 1.29 is 19.4 Å². The minimum atomic E-state index is -1.63. The van der Waals surface area contributed by atoms with Crippen molar-refractivity contribution in [3.05, 3.63) is 69.7 Å². The molecule has 2 aromatic carbocycles. The maximum Gasteiger partial charge on any atom is 0.323 e. The Morgan fingerprint density at radius 1 is 1.20 bits per heavy atom. The number of hydrogen-bond donors (Lipinski definition) is 3. The SMILES string of the molecule is CC(C)(C)C[C@@H]1N[C@@H](C(=O)OC[C@H](O)C(N)=O)[C@H](c2cccc(Cl)c2)[C@@]1(C#N)c1ccc(Cl)cc1. The maximum atomic E-state index is 13.3. The van der Waals surface area contributed by atoms with Crippen LogP contribution in [0.1, 0.15) is 44.2 Å². The fraction of sp³-hybridized carbons (Fsp3) is 0.423. The molecule has 3 rings (SSSR count). The molecule has 186 valence electrons. The van der Waals surface area contributed by atoms with Gasteiger partial charge in [0.05, 0.1) is 6.07 Å². The largest absolute Gasteiger partial charge is 0.461 e. The summed E-state index contributed by atoms with van der Waals surface area (Å²) in [5.74, 6) is -2.40. The number of carbonyl (C=O) groups excluding carboxylic acids is 2. The van der Waals surface area contributed by atoms with Gasteiger partial charge in [0, 0.05) is 22.0 Å². The van der Waals surface area contributed by atoms with Gasteiger partial charge in [-0.3, -0.25) is 14.9 Å². The van der Waals surface area contributed by atoms with E-state index in [0.29, 0.717) is 27.6 Å². The van der Waals surface area contributed by atoms with Gasteiger partial charge in [-0.2, -0.15) is 5.26 Å². The van der Waals surface area contributed by atoms with Crippen molar-refractivity contribution in [1.82, 2.24) is 5.32 Å². The molecule has 0 spiro atoms. The Bertz CT molecular complexity index is 1130. The first-order chi connectivity index (χ1) is 16.4. The van der Waals surface area contributed by atoms with Crippen LogP contribution in [0.3, 0.4) is 0 Å². The highest BCUT2D eigenvalue weighted by Gasteiger charge is 2.60. The van der Waals surface area contributed by atoms with Gasteiger partial charge in [0.1, 0.15) is 18.1 Å². The summed E-state index contributed by atoms with van der Waals surface area (Å²) in [6.07, 6.45) is -1.07. The van der Waals surface area contributed by atoms with E-state index in [-0.39, 0.29) is 5.41 Å². The van der Waals surface area contributed by atoms with Crippen LogP contribution in [0.2, 0.25) is 10.0 Å². The van der Waals surface area contributed by atoms with E-state index in [4.69, 9.17) is 33.7 Å². The quantitative estimate of drug-likeness (QED) is 0.480. The molecule has 0 saturated carbocycles. The molecule has 1 aliphatic heterocycles. The van der Waals surface area contributed by atoms with Gasteiger partial charge in [0.15, 0.2) is 6.10 Å². The van der Waals surface area contributed by atoms with Crippen molar-refractivity contribution in [2.45, 2.75) is 56.7 Å². The molecule has 1 amide bonds. The first-order valence-corrected chi connectivity index (χ1v) is 12.0. The summed E-state index contributed by atoms with van der Waals surface area (Å²) in [6, 6.07) is 15.2. The van der Waals surface area contributed by atoms with E-state index >= 15 is 0 Å². The maximum absolute atomic E-state index is 13.3. The topological polar surface area (TPSA) is 125 Å². The Morgan fingerprint density at radius 3 is 2.40 bits per heavy atom. The first-order valence-electron chi connectivity index (χ1n) is 11.2. The molecule has 0 radical (unpaired) electrons. The fourth-order valence-electron chi connectivity index (χ4n) is 4.77. The average Bonchev–Trinajstić information content (AvgIpc) is 3.10. The number of rotatable bonds is 7. The van der Waals surface area contributed by atoms with Crippen molar-refractivity contribution in [2.24, 2.45) is 11.1 Å². The lowest BCUT2D eigenvalue weighted by molar-refractivity contribution is -0.151. The summed E-state index contributed by atoms with van der Waals surface area (Å²) >= 11 is 12.5. The van der Waals surface area contributed by atoms with Crippen molar-refractivity contribution >= 4 is 35.1 Å². The molecular weight excluding hydrogens is 489 g/mol. The zero-order chi connectivity index (χ0) is 26.0. The number of benzene rings is 2. The Hall–Kier alpha value is -2.63. The van der Waals surface area contributed by atoms with Crippen LogP contribution in [0.4, 0.5) is 0 Å². The van der Waals surface area contributed by atoms with E-state index in [2.05, 4.69) is 32.2 Å². The highest BCUT2D eigenvalue weighted by molar-refractivity contribution is 6.30. The fourth-order valence-corrected chi connectivity index (χ4v) is 5.09. The number of halogens is 2. The zero-order valence-electron chi connectivity index (χ0n) is 19.8. The number of ether oxygens (including phenoxy) is 1. The molecule has 4 N–H and O–H groups in total. The van der Waals surface area contributed by atoms with Crippen LogP contribution in [0.25, 0.3) is 0 Å². The van der Waals surface area contributed by atoms with E-state index in [1.54, 1.807) is 42.5 Å². The molecule has 35 heavy (non-hydrogen) atoms. The molecule has 7 nitrogen and oxygen atoms in total. The Kier molecular flexibility index (Phi) is 8.13. The van der Waals surface area contributed by atoms with Crippen LogP contribution in [0, 0.1) is 16.7 Å². The van der Waals surface area contributed by atoms with E-state index in [9.17, 15) is 20.0 Å². The second kappa shape index (κ2) is 10.5. The van der Waals surface area contributed by atoms with Gasteiger partial charge in [-0.05, 0) is 47.2 Å². The molecule has 0 bridgehead atoms. The van der Waals surface area contributed by atoms with Crippen molar-refractivity contribution in [3.8, 4) is 6.07 Å². The lowest BCUT2D eigenvalue weighted by Crippen LogP contribution is -2.44. The summed E-state index contributed by atoms with van der Waals surface area (Å²) < 4.78 is 5.29. The Morgan fingerprint density at radius 2 is 1.86 bits per heavy atom. The van der Waals surface area contributed by atoms with Crippen LogP contribution in [-0.4, -0.2) is 41.8 Å². The Balaban J connectivity index is 2.18. The summed E-state index contributed by atoms with van der Waals surface area (Å²) in [5, 5.41) is 24.9. The van der Waals surface area contributed by atoms with Gasteiger partial charge in [0.2, 0.25) is 5.91 Å². The number of hydrogen-bond acceptors (Lipinski definition) is 6. The number of aliphatic hydroxyl groups excluding tert-OH is 1. The molecule has 1 saturated heterocycles. The third kappa shape index (κ3) is 5.79. The summed E-state index contributed by atoms with van der Waals surface area (Å²) in [5.41, 5.74) is 5.09. The lowest BCUT2D eigenvalue weighted by Gasteiger charge is -2.37. The van der Waals surface area contributed by atoms with Gasteiger partial charge in [-0.15, -0.1) is 0 Å². The first kappa shape index (κ1) is 27.0. The van der Waals surface area contributed by atoms with Gasteiger partial charge in [-0.1, -0.05) is 68.2 Å². The highest BCUT2D eigenvalue weighted by Crippen LogP contribution is 2.51. The number of aliphatic hydroxyl groups is 1. The minimum absolute atomic E-state index is 0.188. The van der Waals surface area contributed by atoms with Crippen molar-refractivity contribution in [2.75, 3.05) is 6.61 Å². The lowest BCUT2D eigenvalue weighted by atomic mass is 9.63. The van der Waals surface area contributed by atoms with E-state index in [1.165, 1.54) is 0 Å². The summed E-state index contributed by atoms with van der Waals surface area (Å²) in [4.78, 5) is 24.6. The molecule has 1 aliphatic rings.